The summed E-state index contributed by atoms with van der Waals surface area (Å²) in [5.41, 5.74) is 0.182. The number of anilines is 1. The van der Waals surface area contributed by atoms with Crippen LogP contribution >= 0.6 is 22.9 Å². The van der Waals surface area contributed by atoms with Crippen LogP contribution < -0.4 is 5.32 Å². The van der Waals surface area contributed by atoms with Crippen molar-refractivity contribution in [2.24, 2.45) is 0 Å². The van der Waals surface area contributed by atoms with Crippen molar-refractivity contribution >= 4 is 34.0 Å². The molecule has 0 atom stereocenters. The zero-order chi connectivity index (χ0) is 14.0. The van der Waals surface area contributed by atoms with Crippen LogP contribution in [0.5, 0.6) is 0 Å². The van der Waals surface area contributed by atoms with E-state index in [0.717, 1.165) is 17.4 Å². The Kier molecular flexibility index (Phi) is 4.11. The van der Waals surface area contributed by atoms with Crippen LogP contribution in [-0.2, 0) is 5.88 Å². The van der Waals surface area contributed by atoms with Gasteiger partial charge in [-0.05, 0) is 18.6 Å². The molecule has 2 aromatic rings. The predicted molar refractivity (Wildman–Crippen MR) is 70.7 cm³/mol. The van der Waals surface area contributed by atoms with Gasteiger partial charge in [-0.2, -0.15) is 0 Å². The van der Waals surface area contributed by atoms with Gasteiger partial charge in [-0.25, -0.2) is 13.8 Å². The Balaban J connectivity index is 2.27. The summed E-state index contributed by atoms with van der Waals surface area (Å²) < 4.78 is 27.3. The molecule has 0 aliphatic rings. The van der Waals surface area contributed by atoms with E-state index in [-0.39, 0.29) is 16.6 Å². The lowest BCUT2D eigenvalue weighted by atomic mass is 10.1. The number of carbonyl (C=O) groups excluding carboxylic acids is 1. The van der Waals surface area contributed by atoms with Gasteiger partial charge < -0.3 is 0 Å². The minimum atomic E-state index is -0.908. The molecule has 0 saturated heterocycles. The Morgan fingerprint density at radius 1 is 1.47 bits per heavy atom. The van der Waals surface area contributed by atoms with Gasteiger partial charge in [-0.3, -0.25) is 10.1 Å². The normalized spacial score (nSPS) is 10.5. The number of aryl methyl sites for hydroxylation is 1. The van der Waals surface area contributed by atoms with E-state index in [0.29, 0.717) is 5.69 Å². The van der Waals surface area contributed by atoms with Crippen molar-refractivity contribution in [2.75, 3.05) is 5.32 Å². The minimum absolute atomic E-state index is 0.201. The molecule has 3 nitrogen and oxygen atoms in total. The van der Waals surface area contributed by atoms with Crippen LogP contribution in [-0.4, -0.2) is 10.9 Å². The third-order valence-corrected chi connectivity index (χ3v) is 3.50. The van der Waals surface area contributed by atoms with Gasteiger partial charge in [0.15, 0.2) is 5.13 Å². The Bertz CT molecular complexity index is 630. The molecule has 0 fully saturated rings. The second-order valence-corrected chi connectivity index (χ2v) is 4.91. The van der Waals surface area contributed by atoms with Crippen molar-refractivity contribution in [3.05, 3.63) is 46.0 Å². The molecule has 2 rings (SSSR count). The van der Waals surface area contributed by atoms with Crippen LogP contribution in [0.2, 0.25) is 0 Å². The maximum atomic E-state index is 13.7. The molecule has 0 aliphatic heterocycles. The highest BCUT2D eigenvalue weighted by Gasteiger charge is 2.20. The molecule has 7 heteroatoms. The number of benzene rings is 1. The van der Waals surface area contributed by atoms with Gasteiger partial charge in [-0.1, -0.05) is 6.07 Å². The Labute approximate surface area is 117 Å². The largest absolute Gasteiger partial charge is 0.298 e. The quantitative estimate of drug-likeness (QED) is 0.878. The fourth-order valence-corrected chi connectivity index (χ4v) is 2.38. The number of carbonyl (C=O) groups is 1. The summed E-state index contributed by atoms with van der Waals surface area (Å²) in [5.74, 6) is -2.44. The highest BCUT2D eigenvalue weighted by atomic mass is 35.5. The first-order chi connectivity index (χ1) is 9.02. The standard InChI is InChI=1S/C12H9ClF2N2OS/c1-6-2-3-8(14)9(10(6)15)11(18)17-12-16-7(4-13)5-19-12/h2-3,5H,4H2,1H3,(H,16,17,18). The van der Waals surface area contributed by atoms with E-state index in [4.69, 9.17) is 11.6 Å². The highest BCUT2D eigenvalue weighted by molar-refractivity contribution is 7.14. The van der Waals surface area contributed by atoms with Gasteiger partial charge in [0.25, 0.3) is 5.91 Å². The van der Waals surface area contributed by atoms with E-state index in [1.807, 2.05) is 0 Å². The Morgan fingerprint density at radius 3 is 2.84 bits per heavy atom. The Morgan fingerprint density at radius 2 is 2.21 bits per heavy atom. The molecule has 0 unspecified atom stereocenters. The van der Waals surface area contributed by atoms with E-state index >= 15 is 0 Å². The second-order valence-electron chi connectivity index (χ2n) is 3.79. The summed E-state index contributed by atoms with van der Waals surface area (Å²) in [7, 11) is 0. The van der Waals surface area contributed by atoms with E-state index in [1.165, 1.54) is 13.0 Å². The molecule has 1 N–H and O–H groups in total. The van der Waals surface area contributed by atoms with Gasteiger partial charge in [0.1, 0.15) is 17.2 Å². The van der Waals surface area contributed by atoms with Crippen molar-refractivity contribution in [1.29, 1.82) is 0 Å². The molecule has 0 aliphatic carbocycles. The number of amides is 1. The number of thiazole rings is 1. The molecular formula is C12H9ClF2N2OS. The molecule has 1 heterocycles. The molecule has 0 spiro atoms. The average molecular weight is 303 g/mol. The summed E-state index contributed by atoms with van der Waals surface area (Å²) in [5, 5.41) is 4.26. The van der Waals surface area contributed by atoms with Crippen LogP contribution in [0.3, 0.4) is 0 Å². The van der Waals surface area contributed by atoms with Crippen LogP contribution in [0.4, 0.5) is 13.9 Å². The number of nitrogens with zero attached hydrogens (tertiary/aromatic N) is 1. The molecule has 0 saturated carbocycles. The molecule has 1 aromatic carbocycles. The first kappa shape index (κ1) is 13.9. The summed E-state index contributed by atoms with van der Waals surface area (Å²) >= 11 is 6.72. The van der Waals surface area contributed by atoms with E-state index in [2.05, 4.69) is 10.3 Å². The maximum absolute atomic E-state index is 13.7. The number of aromatic nitrogens is 1. The van der Waals surface area contributed by atoms with Crippen LogP contribution in [0.1, 0.15) is 21.6 Å². The number of hydrogen-bond acceptors (Lipinski definition) is 3. The molecular weight excluding hydrogens is 294 g/mol. The predicted octanol–water partition coefficient (Wildman–Crippen LogP) is 3.72. The number of rotatable bonds is 3. The van der Waals surface area contributed by atoms with E-state index in [1.54, 1.807) is 5.38 Å². The van der Waals surface area contributed by atoms with E-state index in [9.17, 15) is 13.6 Å². The number of alkyl halides is 1. The van der Waals surface area contributed by atoms with Crippen LogP contribution in [0, 0.1) is 18.6 Å². The van der Waals surface area contributed by atoms with E-state index < -0.39 is 23.1 Å². The molecule has 1 aromatic heterocycles. The van der Waals surface area contributed by atoms with Gasteiger partial charge in [-0.15, -0.1) is 22.9 Å². The lowest BCUT2D eigenvalue weighted by Gasteiger charge is -2.06. The van der Waals surface area contributed by atoms with Gasteiger partial charge in [0.05, 0.1) is 11.6 Å². The minimum Gasteiger partial charge on any atom is -0.298 e. The first-order valence-electron chi connectivity index (χ1n) is 5.29. The van der Waals surface area contributed by atoms with Crippen molar-refractivity contribution in [3.8, 4) is 0 Å². The number of nitrogens with one attached hydrogen (secondary N) is 1. The lowest BCUT2D eigenvalue weighted by Crippen LogP contribution is -2.16. The topological polar surface area (TPSA) is 42.0 Å². The smallest absolute Gasteiger partial charge is 0.263 e. The molecule has 0 bridgehead atoms. The molecule has 0 radical (unpaired) electrons. The fraction of sp³-hybridized carbons (Fsp3) is 0.167. The maximum Gasteiger partial charge on any atom is 0.263 e. The molecule has 100 valence electrons. The highest BCUT2D eigenvalue weighted by Crippen LogP contribution is 2.21. The zero-order valence-electron chi connectivity index (χ0n) is 9.84. The summed E-state index contributed by atoms with van der Waals surface area (Å²) in [6.07, 6.45) is 0. The number of halogens is 3. The van der Waals surface area contributed by atoms with Crippen molar-refractivity contribution < 1.29 is 13.6 Å². The fourth-order valence-electron chi connectivity index (χ4n) is 1.45. The van der Waals surface area contributed by atoms with Crippen molar-refractivity contribution in [3.63, 3.8) is 0 Å². The Hall–Kier alpha value is -1.53. The number of hydrogen-bond donors (Lipinski definition) is 1. The first-order valence-corrected chi connectivity index (χ1v) is 6.70. The zero-order valence-corrected chi connectivity index (χ0v) is 11.4. The van der Waals surface area contributed by atoms with Crippen LogP contribution in [0.15, 0.2) is 17.5 Å². The summed E-state index contributed by atoms with van der Waals surface area (Å²) in [6.45, 7) is 1.46. The van der Waals surface area contributed by atoms with Crippen molar-refractivity contribution in [1.82, 2.24) is 4.98 Å². The summed E-state index contributed by atoms with van der Waals surface area (Å²) in [6, 6.07) is 2.33. The molecule has 1 amide bonds. The van der Waals surface area contributed by atoms with Gasteiger partial charge in [0.2, 0.25) is 0 Å². The average Bonchev–Trinajstić information content (AvgIpc) is 2.82. The van der Waals surface area contributed by atoms with Crippen molar-refractivity contribution in [2.45, 2.75) is 12.8 Å². The van der Waals surface area contributed by atoms with Gasteiger partial charge in [0, 0.05) is 5.38 Å². The SMILES string of the molecule is Cc1ccc(F)c(C(=O)Nc2nc(CCl)cs2)c1F. The second kappa shape index (κ2) is 5.63. The molecule has 19 heavy (non-hydrogen) atoms. The monoisotopic (exact) mass is 302 g/mol. The van der Waals surface area contributed by atoms with Gasteiger partial charge >= 0.3 is 0 Å². The van der Waals surface area contributed by atoms with Crippen LogP contribution in [0.25, 0.3) is 0 Å². The lowest BCUT2D eigenvalue weighted by molar-refractivity contribution is 0.101. The third kappa shape index (κ3) is 2.90. The third-order valence-electron chi connectivity index (χ3n) is 2.42. The summed E-state index contributed by atoms with van der Waals surface area (Å²) in [4.78, 5) is 15.8.